The SMILES string of the molecule is CCO[Si](OCC)(OCC)OCC.COC=C(OC)OC. The van der Waals surface area contributed by atoms with E-state index < -0.39 is 9.05 Å². The van der Waals surface area contributed by atoms with Gasteiger partial charge in [-0.15, -0.1) is 0 Å². The van der Waals surface area contributed by atoms with E-state index in [4.69, 9.17) is 17.7 Å². The highest BCUT2D eigenvalue weighted by molar-refractivity contribution is 6.53. The Bertz CT molecular complexity index is 213. The molecule has 0 aromatic carbocycles. The second-order valence-electron chi connectivity index (χ2n) is 3.31. The maximum Gasteiger partial charge on any atom is 0.679 e. The molecule has 0 aromatic rings. The molecular weight excluding hydrogens is 296 g/mol. The van der Waals surface area contributed by atoms with Crippen molar-refractivity contribution in [1.29, 1.82) is 0 Å². The fraction of sp³-hybridized carbons (Fsp3) is 0.846. The highest BCUT2D eigenvalue weighted by atomic mass is 28.4. The number of hydrogen-bond donors (Lipinski definition) is 0. The number of ether oxygens (including phenoxy) is 3. The summed E-state index contributed by atoms with van der Waals surface area (Å²) in [6, 6.07) is 0. The van der Waals surface area contributed by atoms with Gasteiger partial charge >= 0.3 is 15.0 Å². The molecule has 0 aliphatic rings. The summed E-state index contributed by atoms with van der Waals surface area (Å²) in [5.74, 6) is 0.368. The van der Waals surface area contributed by atoms with Gasteiger partial charge < -0.3 is 31.9 Å². The summed E-state index contributed by atoms with van der Waals surface area (Å²) in [7, 11) is 1.75. The molecule has 0 bridgehead atoms. The molecule has 0 atom stereocenters. The van der Waals surface area contributed by atoms with Gasteiger partial charge in [-0.1, -0.05) is 0 Å². The molecule has 0 radical (unpaired) electrons. The number of rotatable bonds is 11. The van der Waals surface area contributed by atoms with E-state index in [0.717, 1.165) is 0 Å². The van der Waals surface area contributed by atoms with Gasteiger partial charge in [0.05, 0.1) is 21.3 Å². The second-order valence-corrected chi connectivity index (χ2v) is 5.47. The predicted molar refractivity (Wildman–Crippen MR) is 81.4 cm³/mol. The Kier molecular flexibility index (Phi) is 16.7. The minimum absolute atomic E-state index is 0.368. The van der Waals surface area contributed by atoms with Crippen LogP contribution in [0.3, 0.4) is 0 Å². The molecule has 0 N–H and O–H groups in total. The van der Waals surface area contributed by atoms with Gasteiger partial charge in [-0.3, -0.25) is 0 Å². The first-order valence-electron chi connectivity index (χ1n) is 6.96. The van der Waals surface area contributed by atoms with Gasteiger partial charge in [0.1, 0.15) is 0 Å². The van der Waals surface area contributed by atoms with Crippen molar-refractivity contribution in [2.24, 2.45) is 0 Å². The molecule has 7 nitrogen and oxygen atoms in total. The van der Waals surface area contributed by atoms with Crippen LogP contribution in [0.15, 0.2) is 12.2 Å². The minimum atomic E-state index is -2.80. The highest BCUT2D eigenvalue weighted by Gasteiger charge is 2.44. The lowest BCUT2D eigenvalue weighted by molar-refractivity contribution is -0.0247. The first-order valence-corrected chi connectivity index (χ1v) is 8.59. The van der Waals surface area contributed by atoms with Crippen LogP contribution in [0, 0.1) is 0 Å². The molecule has 0 aliphatic carbocycles. The van der Waals surface area contributed by atoms with Crippen LogP contribution < -0.4 is 0 Å². The minimum Gasteiger partial charge on any atom is -0.497 e. The van der Waals surface area contributed by atoms with Crippen LogP contribution in [0.4, 0.5) is 0 Å². The first kappa shape index (κ1) is 22.5. The van der Waals surface area contributed by atoms with Crippen molar-refractivity contribution < 1.29 is 31.9 Å². The molecule has 0 saturated heterocycles. The predicted octanol–water partition coefficient (Wildman–Crippen LogP) is 2.29. The number of methoxy groups -OCH3 is 3. The first-order chi connectivity index (χ1) is 10.1. The molecule has 0 saturated carbocycles. The van der Waals surface area contributed by atoms with Crippen LogP contribution in [0.1, 0.15) is 27.7 Å². The Hall–Kier alpha value is -0.803. The van der Waals surface area contributed by atoms with Crippen molar-refractivity contribution in [1.82, 2.24) is 0 Å². The Morgan fingerprint density at radius 2 is 1.05 bits per heavy atom. The maximum absolute atomic E-state index is 5.42. The fourth-order valence-electron chi connectivity index (χ4n) is 1.23. The lowest BCUT2D eigenvalue weighted by atomic mass is 10.9. The molecule has 0 heterocycles. The van der Waals surface area contributed by atoms with Crippen molar-refractivity contribution in [2.45, 2.75) is 27.7 Å². The average molecular weight is 326 g/mol. The third kappa shape index (κ3) is 11.5. The average Bonchev–Trinajstić information content (AvgIpc) is 2.46. The van der Waals surface area contributed by atoms with Crippen LogP contribution in [0.25, 0.3) is 0 Å². The third-order valence-electron chi connectivity index (χ3n) is 1.90. The molecular formula is C13H30O7Si. The summed E-state index contributed by atoms with van der Waals surface area (Å²) in [4.78, 5) is 0. The third-order valence-corrected chi connectivity index (χ3v) is 4.47. The van der Waals surface area contributed by atoms with Crippen molar-refractivity contribution in [2.75, 3.05) is 47.8 Å². The highest BCUT2D eigenvalue weighted by Crippen LogP contribution is 2.11. The molecule has 0 aromatic heterocycles. The van der Waals surface area contributed by atoms with E-state index >= 15 is 0 Å². The van der Waals surface area contributed by atoms with Gasteiger partial charge in [-0.2, -0.15) is 0 Å². The Labute approximate surface area is 129 Å². The summed E-state index contributed by atoms with van der Waals surface area (Å²) < 4.78 is 35.6. The van der Waals surface area contributed by atoms with E-state index in [9.17, 15) is 0 Å². The van der Waals surface area contributed by atoms with E-state index in [1.54, 1.807) is 0 Å². The van der Waals surface area contributed by atoms with Crippen molar-refractivity contribution in [3.8, 4) is 0 Å². The van der Waals surface area contributed by atoms with E-state index in [1.807, 2.05) is 27.7 Å². The zero-order valence-corrected chi connectivity index (χ0v) is 15.3. The van der Waals surface area contributed by atoms with Crippen LogP contribution in [0.2, 0.25) is 0 Å². The van der Waals surface area contributed by atoms with Crippen LogP contribution in [-0.2, 0) is 31.9 Å². The second kappa shape index (κ2) is 15.6. The molecule has 0 unspecified atom stereocenters. The van der Waals surface area contributed by atoms with Gasteiger partial charge in [0.2, 0.25) is 0 Å². The monoisotopic (exact) mass is 326 g/mol. The Morgan fingerprint density at radius 3 is 1.19 bits per heavy atom. The normalized spacial score (nSPS) is 10.2. The summed E-state index contributed by atoms with van der Waals surface area (Å²) in [6.45, 7) is 9.80. The van der Waals surface area contributed by atoms with Crippen LogP contribution >= 0.6 is 0 Å². The molecule has 0 aliphatic heterocycles. The van der Waals surface area contributed by atoms with Gasteiger partial charge in [0.15, 0.2) is 6.26 Å². The molecule has 0 fully saturated rings. The zero-order chi connectivity index (χ0) is 16.6. The van der Waals surface area contributed by atoms with Gasteiger partial charge in [-0.25, -0.2) is 0 Å². The molecule has 0 amide bonds. The Balaban J connectivity index is 0. The van der Waals surface area contributed by atoms with Crippen molar-refractivity contribution in [3.63, 3.8) is 0 Å². The smallest absolute Gasteiger partial charge is 0.497 e. The van der Waals surface area contributed by atoms with E-state index in [1.165, 1.54) is 27.6 Å². The lowest BCUT2D eigenvalue weighted by Gasteiger charge is -2.26. The van der Waals surface area contributed by atoms with Gasteiger partial charge in [-0.05, 0) is 27.7 Å². The fourth-order valence-corrected chi connectivity index (χ4v) is 3.15. The zero-order valence-electron chi connectivity index (χ0n) is 14.3. The molecule has 0 spiro atoms. The van der Waals surface area contributed by atoms with Gasteiger partial charge in [0.25, 0.3) is 0 Å². The molecule has 21 heavy (non-hydrogen) atoms. The van der Waals surface area contributed by atoms with Gasteiger partial charge in [0, 0.05) is 26.4 Å². The van der Waals surface area contributed by atoms with E-state index in [-0.39, 0.29) is 0 Å². The van der Waals surface area contributed by atoms with E-state index in [0.29, 0.717) is 32.4 Å². The van der Waals surface area contributed by atoms with Crippen LogP contribution in [-0.4, -0.2) is 56.8 Å². The summed E-state index contributed by atoms with van der Waals surface area (Å²) in [5.41, 5.74) is 0. The topological polar surface area (TPSA) is 64.6 Å². The quantitative estimate of drug-likeness (QED) is 0.426. The largest absolute Gasteiger partial charge is 0.679 e. The summed E-state index contributed by atoms with van der Waals surface area (Å²) >= 11 is 0. The number of hydrogen-bond acceptors (Lipinski definition) is 7. The standard InChI is InChI=1S/C8H20O4Si.C5H10O3/c1-5-9-13(10-6-2,11-7-3)12-8-4;1-6-4-5(7-2)8-3/h5-8H2,1-4H3;4H,1-3H3. The Morgan fingerprint density at radius 1 is 0.714 bits per heavy atom. The molecule has 128 valence electrons. The summed E-state index contributed by atoms with van der Waals surface area (Å²) in [6.07, 6.45) is 1.38. The van der Waals surface area contributed by atoms with Crippen molar-refractivity contribution >= 4 is 9.05 Å². The maximum atomic E-state index is 5.42. The lowest BCUT2D eigenvalue weighted by Crippen LogP contribution is -2.49. The molecule has 8 heteroatoms. The molecule has 0 rings (SSSR count). The van der Waals surface area contributed by atoms with Crippen LogP contribution in [0.5, 0.6) is 0 Å². The van der Waals surface area contributed by atoms with E-state index in [2.05, 4.69) is 14.2 Å². The van der Waals surface area contributed by atoms with Crippen molar-refractivity contribution in [3.05, 3.63) is 12.2 Å². The summed E-state index contributed by atoms with van der Waals surface area (Å²) in [5, 5.41) is 0.